The first-order valence-electron chi connectivity index (χ1n) is 6.51. The minimum Gasteiger partial charge on any atom is -0.339 e. The number of nitrogens with zero attached hydrogens (tertiary/aromatic N) is 1. The lowest BCUT2D eigenvalue weighted by Crippen LogP contribution is -2.40. The van der Waals surface area contributed by atoms with E-state index in [-0.39, 0.29) is 18.3 Å². The average molecular weight is 382 g/mol. The Labute approximate surface area is 139 Å². The quantitative estimate of drug-likeness (QED) is 0.867. The average Bonchev–Trinajstić information content (AvgIpc) is 2.42. The number of rotatable bonds is 3. The molecule has 2 rings (SSSR count). The maximum absolute atomic E-state index is 12.4. The van der Waals surface area contributed by atoms with E-state index in [0.717, 1.165) is 36.9 Å². The number of carbonyl (C=O) groups excluding carboxylic acids is 1. The van der Waals surface area contributed by atoms with Gasteiger partial charge in [0, 0.05) is 17.6 Å². The number of halogens is 3. The smallest absolute Gasteiger partial charge is 0.255 e. The highest BCUT2D eigenvalue weighted by atomic mass is 79.9. The van der Waals surface area contributed by atoms with Crippen molar-refractivity contribution in [2.45, 2.75) is 12.8 Å². The summed E-state index contributed by atoms with van der Waals surface area (Å²) in [5, 5.41) is 3.70. The van der Waals surface area contributed by atoms with E-state index in [1.165, 1.54) is 0 Å². The van der Waals surface area contributed by atoms with Gasteiger partial charge in [0.25, 0.3) is 5.91 Å². The number of benzene rings is 1. The second kappa shape index (κ2) is 8.23. The van der Waals surface area contributed by atoms with Gasteiger partial charge in [-0.2, -0.15) is 0 Å². The minimum atomic E-state index is 0. The van der Waals surface area contributed by atoms with E-state index in [4.69, 9.17) is 11.6 Å². The third kappa shape index (κ3) is 4.10. The summed E-state index contributed by atoms with van der Waals surface area (Å²) in [5.74, 6) is 0.709. The fraction of sp³-hybridized carbons (Fsp3) is 0.500. The first-order chi connectivity index (χ1) is 9.13. The number of carbonyl (C=O) groups is 1. The van der Waals surface area contributed by atoms with Gasteiger partial charge < -0.3 is 10.2 Å². The summed E-state index contributed by atoms with van der Waals surface area (Å²) in [5.41, 5.74) is 0.586. The number of hydrogen-bond acceptors (Lipinski definition) is 2. The molecule has 0 radical (unpaired) electrons. The molecule has 0 atom stereocenters. The fourth-order valence-electron chi connectivity index (χ4n) is 2.47. The molecule has 0 saturated carbocycles. The molecule has 0 aliphatic carbocycles. The first-order valence-corrected chi connectivity index (χ1v) is 7.68. The summed E-state index contributed by atoms with van der Waals surface area (Å²) in [7, 11) is 1.97. The number of piperidine rings is 1. The van der Waals surface area contributed by atoms with E-state index in [9.17, 15) is 4.79 Å². The molecule has 1 heterocycles. The van der Waals surface area contributed by atoms with Crippen LogP contribution in [0.5, 0.6) is 0 Å². The highest BCUT2D eigenvalue weighted by Crippen LogP contribution is 2.28. The van der Waals surface area contributed by atoms with Gasteiger partial charge in [-0.3, -0.25) is 4.79 Å². The summed E-state index contributed by atoms with van der Waals surface area (Å²) in [4.78, 5) is 14.3. The number of amides is 1. The van der Waals surface area contributed by atoms with Crippen LogP contribution < -0.4 is 5.32 Å². The van der Waals surface area contributed by atoms with Crippen molar-refractivity contribution in [2.24, 2.45) is 5.92 Å². The van der Waals surface area contributed by atoms with Crippen LogP contribution in [-0.2, 0) is 0 Å². The van der Waals surface area contributed by atoms with Crippen LogP contribution in [0.1, 0.15) is 23.2 Å². The Morgan fingerprint density at radius 2 is 2.10 bits per heavy atom. The van der Waals surface area contributed by atoms with Gasteiger partial charge in [-0.15, -0.1) is 12.4 Å². The molecular weight excluding hydrogens is 363 g/mol. The maximum atomic E-state index is 12.4. The Hall–Kier alpha value is -0.290. The molecule has 20 heavy (non-hydrogen) atoms. The Kier molecular flexibility index (Phi) is 7.30. The molecule has 6 heteroatoms. The van der Waals surface area contributed by atoms with Crippen molar-refractivity contribution in [3.8, 4) is 0 Å². The monoisotopic (exact) mass is 380 g/mol. The standard InChI is InChI=1S/C14H18BrClN2O.ClH/c1-17-9-10-5-7-18(8-6-10)14(19)11-3-2-4-12(15)13(11)16;/h2-4,10,17H,5-9H2,1H3;1H. The normalized spacial score (nSPS) is 15.8. The summed E-state index contributed by atoms with van der Waals surface area (Å²) >= 11 is 9.54. The zero-order valence-electron chi connectivity index (χ0n) is 11.4. The predicted octanol–water partition coefficient (Wildman–Crippen LogP) is 3.60. The van der Waals surface area contributed by atoms with Crippen molar-refractivity contribution in [1.29, 1.82) is 0 Å². The van der Waals surface area contributed by atoms with Crippen molar-refractivity contribution < 1.29 is 4.79 Å². The van der Waals surface area contributed by atoms with Gasteiger partial charge in [-0.05, 0) is 60.4 Å². The largest absolute Gasteiger partial charge is 0.339 e. The summed E-state index contributed by atoms with van der Waals surface area (Å²) in [6.07, 6.45) is 2.11. The van der Waals surface area contributed by atoms with Gasteiger partial charge in [0.05, 0.1) is 10.6 Å². The number of likely N-dealkylation sites (tertiary alicyclic amines) is 1. The SMILES string of the molecule is CNCC1CCN(C(=O)c2cccc(Br)c2Cl)CC1.Cl. The second-order valence-electron chi connectivity index (χ2n) is 4.89. The van der Waals surface area contributed by atoms with Crippen molar-refractivity contribution >= 4 is 45.8 Å². The van der Waals surface area contributed by atoms with Crippen molar-refractivity contribution in [1.82, 2.24) is 10.2 Å². The number of nitrogens with one attached hydrogen (secondary N) is 1. The molecule has 0 aromatic heterocycles. The van der Waals surface area contributed by atoms with E-state index < -0.39 is 0 Å². The molecule has 0 bridgehead atoms. The molecule has 112 valence electrons. The van der Waals surface area contributed by atoms with Gasteiger partial charge in [0.1, 0.15) is 0 Å². The van der Waals surface area contributed by atoms with Crippen LogP contribution in [0.4, 0.5) is 0 Å². The topological polar surface area (TPSA) is 32.3 Å². The van der Waals surface area contributed by atoms with Crippen molar-refractivity contribution in [3.63, 3.8) is 0 Å². The summed E-state index contributed by atoms with van der Waals surface area (Å²) in [6.45, 7) is 2.65. The van der Waals surface area contributed by atoms with Gasteiger partial charge in [-0.1, -0.05) is 17.7 Å². The Balaban J connectivity index is 0.00000200. The molecule has 1 aliphatic rings. The lowest BCUT2D eigenvalue weighted by molar-refractivity contribution is 0.0691. The third-order valence-corrected chi connectivity index (χ3v) is 4.87. The van der Waals surface area contributed by atoms with Crippen molar-refractivity contribution in [2.75, 3.05) is 26.7 Å². The fourth-order valence-corrected chi connectivity index (χ4v) is 3.04. The molecule has 0 spiro atoms. The number of hydrogen-bond donors (Lipinski definition) is 1. The van der Waals surface area contributed by atoms with Crippen molar-refractivity contribution in [3.05, 3.63) is 33.3 Å². The zero-order chi connectivity index (χ0) is 13.8. The van der Waals surface area contributed by atoms with Gasteiger partial charge in [0.15, 0.2) is 0 Å². The third-order valence-electron chi connectivity index (χ3n) is 3.58. The molecule has 1 amide bonds. The van der Waals surface area contributed by atoms with Crippen LogP contribution in [0, 0.1) is 5.92 Å². The molecule has 1 saturated heterocycles. The van der Waals surface area contributed by atoms with Gasteiger partial charge >= 0.3 is 0 Å². The molecular formula is C14H19BrCl2N2O. The molecule has 0 unspecified atom stereocenters. The van der Waals surface area contributed by atoms with Crippen LogP contribution in [0.15, 0.2) is 22.7 Å². The molecule has 3 nitrogen and oxygen atoms in total. The van der Waals surface area contributed by atoms with Crippen LogP contribution in [-0.4, -0.2) is 37.5 Å². The van der Waals surface area contributed by atoms with Gasteiger partial charge in [0.2, 0.25) is 0 Å². The van der Waals surface area contributed by atoms with Crippen LogP contribution >= 0.6 is 39.9 Å². The second-order valence-corrected chi connectivity index (χ2v) is 6.13. The molecule has 1 fully saturated rings. The first kappa shape index (κ1) is 17.8. The maximum Gasteiger partial charge on any atom is 0.255 e. The van der Waals surface area contributed by atoms with E-state index in [1.807, 2.05) is 24.1 Å². The summed E-state index contributed by atoms with van der Waals surface area (Å²) in [6, 6.07) is 5.48. The molecule has 1 aliphatic heterocycles. The van der Waals surface area contributed by atoms with E-state index in [2.05, 4.69) is 21.2 Å². The lowest BCUT2D eigenvalue weighted by atomic mass is 9.96. The van der Waals surface area contributed by atoms with E-state index in [1.54, 1.807) is 6.07 Å². The van der Waals surface area contributed by atoms with Crippen LogP contribution in [0.2, 0.25) is 5.02 Å². The molecule has 1 N–H and O–H groups in total. The lowest BCUT2D eigenvalue weighted by Gasteiger charge is -2.32. The highest BCUT2D eigenvalue weighted by Gasteiger charge is 2.24. The van der Waals surface area contributed by atoms with E-state index in [0.29, 0.717) is 16.5 Å². The summed E-state index contributed by atoms with van der Waals surface area (Å²) < 4.78 is 0.769. The molecule has 1 aromatic carbocycles. The predicted molar refractivity (Wildman–Crippen MR) is 89.0 cm³/mol. The highest BCUT2D eigenvalue weighted by molar-refractivity contribution is 9.10. The Morgan fingerprint density at radius 3 is 2.70 bits per heavy atom. The Morgan fingerprint density at radius 1 is 1.45 bits per heavy atom. The zero-order valence-corrected chi connectivity index (χ0v) is 14.5. The van der Waals surface area contributed by atoms with Crippen LogP contribution in [0.25, 0.3) is 0 Å². The minimum absolute atomic E-state index is 0. The molecule has 1 aromatic rings. The van der Waals surface area contributed by atoms with Crippen LogP contribution in [0.3, 0.4) is 0 Å². The van der Waals surface area contributed by atoms with Gasteiger partial charge in [-0.25, -0.2) is 0 Å². The van der Waals surface area contributed by atoms with E-state index >= 15 is 0 Å². The Bertz CT molecular complexity index is 462.